The molecule has 19 heavy (non-hydrogen) atoms. The Kier molecular flexibility index (Phi) is 4.86. The second-order valence-electron chi connectivity index (χ2n) is 4.65. The van der Waals surface area contributed by atoms with E-state index in [2.05, 4.69) is 76.5 Å². The van der Waals surface area contributed by atoms with E-state index in [-0.39, 0.29) is 0 Å². The highest BCUT2D eigenvalue weighted by molar-refractivity contribution is 9.10. The molecule has 0 saturated heterocycles. The van der Waals surface area contributed by atoms with Crippen LogP contribution in [0.15, 0.2) is 53.0 Å². The molecule has 2 aromatic carbocycles. The van der Waals surface area contributed by atoms with Gasteiger partial charge in [0.1, 0.15) is 0 Å². The van der Waals surface area contributed by atoms with Gasteiger partial charge in [-0.25, -0.2) is 0 Å². The maximum atomic E-state index is 3.48. The average Bonchev–Trinajstić information content (AvgIpc) is 2.39. The minimum absolute atomic E-state index is 0.918. The Balaban J connectivity index is 1.88. The van der Waals surface area contributed by atoms with E-state index in [1.165, 1.54) is 11.3 Å². The molecule has 0 saturated carbocycles. The number of rotatable bonds is 5. The van der Waals surface area contributed by atoms with Crippen LogP contribution in [0.1, 0.15) is 5.56 Å². The predicted molar refractivity (Wildman–Crippen MR) is 87.1 cm³/mol. The van der Waals surface area contributed by atoms with Crippen molar-refractivity contribution < 1.29 is 0 Å². The summed E-state index contributed by atoms with van der Waals surface area (Å²) < 4.78 is 1.10. The van der Waals surface area contributed by atoms with Crippen LogP contribution >= 0.6 is 15.9 Å². The molecule has 0 aliphatic rings. The molecule has 100 valence electrons. The van der Waals surface area contributed by atoms with Crippen molar-refractivity contribution >= 4 is 27.3 Å². The Bertz CT molecular complexity index is 540. The highest BCUT2D eigenvalue weighted by Crippen LogP contribution is 2.18. The number of hydrogen-bond acceptors (Lipinski definition) is 2. The molecule has 1 N–H and O–H groups in total. The van der Waals surface area contributed by atoms with Crippen LogP contribution in [0.2, 0.25) is 0 Å². The third kappa shape index (κ3) is 4.00. The molecule has 0 spiro atoms. The first-order valence-electron chi connectivity index (χ1n) is 6.43. The second-order valence-corrected chi connectivity index (χ2v) is 5.56. The van der Waals surface area contributed by atoms with E-state index in [0.29, 0.717) is 0 Å². The fraction of sp³-hybridized carbons (Fsp3) is 0.250. The Morgan fingerprint density at radius 1 is 1.11 bits per heavy atom. The Morgan fingerprint density at radius 3 is 2.63 bits per heavy atom. The normalized spacial score (nSPS) is 10.3. The Labute approximate surface area is 123 Å². The standard InChI is InChI=1S/C16H19BrN2/c1-13-6-3-4-9-16(13)19(2)11-10-18-15-8-5-7-14(17)12-15/h3-9,12,18H,10-11H2,1-2H3. The summed E-state index contributed by atoms with van der Waals surface area (Å²) in [6.45, 7) is 4.03. The Hall–Kier alpha value is -1.48. The third-order valence-electron chi connectivity index (χ3n) is 3.13. The van der Waals surface area contributed by atoms with Crippen molar-refractivity contribution in [3.8, 4) is 0 Å². The van der Waals surface area contributed by atoms with Crippen LogP contribution in [-0.2, 0) is 0 Å². The van der Waals surface area contributed by atoms with Crippen molar-refractivity contribution in [2.45, 2.75) is 6.92 Å². The average molecular weight is 319 g/mol. The van der Waals surface area contributed by atoms with Gasteiger partial charge >= 0.3 is 0 Å². The first kappa shape index (κ1) is 13.9. The summed E-state index contributed by atoms with van der Waals surface area (Å²) in [6, 6.07) is 16.7. The number of likely N-dealkylation sites (N-methyl/N-ethyl adjacent to an activating group) is 1. The monoisotopic (exact) mass is 318 g/mol. The van der Waals surface area contributed by atoms with Gasteiger partial charge in [0.2, 0.25) is 0 Å². The van der Waals surface area contributed by atoms with E-state index in [1.54, 1.807) is 0 Å². The minimum atomic E-state index is 0.918. The van der Waals surface area contributed by atoms with Gasteiger partial charge in [-0.05, 0) is 36.8 Å². The summed E-state index contributed by atoms with van der Waals surface area (Å²) in [7, 11) is 2.13. The molecule has 0 atom stereocenters. The van der Waals surface area contributed by atoms with Crippen molar-refractivity contribution in [3.63, 3.8) is 0 Å². The number of nitrogens with zero attached hydrogens (tertiary/aromatic N) is 1. The highest BCUT2D eigenvalue weighted by Gasteiger charge is 2.02. The summed E-state index contributed by atoms with van der Waals surface area (Å²) in [5.41, 5.74) is 3.75. The van der Waals surface area contributed by atoms with Gasteiger partial charge in [-0.1, -0.05) is 40.2 Å². The molecular formula is C16H19BrN2. The summed E-state index contributed by atoms with van der Waals surface area (Å²) in [4.78, 5) is 2.28. The molecule has 0 aliphatic carbocycles. The van der Waals surface area contributed by atoms with Gasteiger partial charge in [0.05, 0.1) is 0 Å². The number of hydrogen-bond donors (Lipinski definition) is 1. The molecule has 2 nitrogen and oxygen atoms in total. The summed E-state index contributed by atoms with van der Waals surface area (Å²) in [6.07, 6.45) is 0. The van der Waals surface area contributed by atoms with Crippen molar-refractivity contribution in [3.05, 3.63) is 58.6 Å². The fourth-order valence-electron chi connectivity index (χ4n) is 2.08. The lowest BCUT2D eigenvalue weighted by Crippen LogP contribution is -2.25. The fourth-order valence-corrected chi connectivity index (χ4v) is 2.48. The zero-order valence-corrected chi connectivity index (χ0v) is 12.9. The molecule has 0 unspecified atom stereocenters. The van der Waals surface area contributed by atoms with Crippen LogP contribution < -0.4 is 10.2 Å². The van der Waals surface area contributed by atoms with E-state index < -0.39 is 0 Å². The van der Waals surface area contributed by atoms with Crippen LogP contribution in [0.5, 0.6) is 0 Å². The number of aryl methyl sites for hydroxylation is 1. The van der Waals surface area contributed by atoms with Crippen molar-refractivity contribution in [2.75, 3.05) is 30.4 Å². The number of benzene rings is 2. The number of halogens is 1. The van der Waals surface area contributed by atoms with Gasteiger partial charge in [0.15, 0.2) is 0 Å². The SMILES string of the molecule is Cc1ccccc1N(C)CCNc1cccc(Br)c1. The van der Waals surface area contributed by atoms with Crippen LogP contribution in [-0.4, -0.2) is 20.1 Å². The number of nitrogens with one attached hydrogen (secondary N) is 1. The van der Waals surface area contributed by atoms with E-state index in [0.717, 1.165) is 23.2 Å². The van der Waals surface area contributed by atoms with E-state index in [1.807, 2.05) is 12.1 Å². The zero-order valence-electron chi connectivity index (χ0n) is 11.4. The summed E-state index contributed by atoms with van der Waals surface area (Å²) in [5.74, 6) is 0. The molecule has 0 amide bonds. The molecule has 3 heteroatoms. The molecule has 0 aliphatic heterocycles. The molecular weight excluding hydrogens is 300 g/mol. The van der Waals surface area contributed by atoms with E-state index in [4.69, 9.17) is 0 Å². The van der Waals surface area contributed by atoms with Crippen molar-refractivity contribution in [2.24, 2.45) is 0 Å². The van der Waals surface area contributed by atoms with E-state index in [9.17, 15) is 0 Å². The molecule has 0 aromatic heterocycles. The molecule has 0 heterocycles. The Morgan fingerprint density at radius 2 is 1.89 bits per heavy atom. The maximum Gasteiger partial charge on any atom is 0.0393 e. The van der Waals surface area contributed by atoms with Crippen LogP contribution in [0.25, 0.3) is 0 Å². The second kappa shape index (κ2) is 6.62. The molecule has 0 fully saturated rings. The van der Waals surface area contributed by atoms with E-state index >= 15 is 0 Å². The lowest BCUT2D eigenvalue weighted by atomic mass is 10.2. The molecule has 2 rings (SSSR count). The molecule has 2 aromatic rings. The number of para-hydroxylation sites is 1. The third-order valence-corrected chi connectivity index (χ3v) is 3.62. The predicted octanol–water partition coefficient (Wildman–Crippen LogP) is 4.31. The van der Waals surface area contributed by atoms with Crippen molar-refractivity contribution in [1.82, 2.24) is 0 Å². The van der Waals surface area contributed by atoms with Gasteiger partial charge < -0.3 is 10.2 Å². The van der Waals surface area contributed by atoms with Gasteiger partial charge in [0.25, 0.3) is 0 Å². The van der Waals surface area contributed by atoms with Crippen molar-refractivity contribution in [1.29, 1.82) is 0 Å². The zero-order chi connectivity index (χ0) is 13.7. The smallest absolute Gasteiger partial charge is 0.0393 e. The minimum Gasteiger partial charge on any atom is -0.383 e. The van der Waals surface area contributed by atoms with Gasteiger partial charge in [-0.15, -0.1) is 0 Å². The largest absolute Gasteiger partial charge is 0.383 e. The number of anilines is 2. The van der Waals surface area contributed by atoms with Gasteiger partial charge in [0, 0.05) is 36.0 Å². The lowest BCUT2D eigenvalue weighted by molar-refractivity contribution is 0.910. The van der Waals surface area contributed by atoms with Crippen LogP contribution in [0.4, 0.5) is 11.4 Å². The highest BCUT2D eigenvalue weighted by atomic mass is 79.9. The summed E-state index contributed by atoms with van der Waals surface area (Å²) >= 11 is 3.48. The summed E-state index contributed by atoms with van der Waals surface area (Å²) in [5, 5.41) is 3.43. The quantitative estimate of drug-likeness (QED) is 0.883. The molecule has 0 radical (unpaired) electrons. The maximum absolute atomic E-state index is 3.48. The molecule has 0 bridgehead atoms. The first-order chi connectivity index (χ1) is 9.16. The van der Waals surface area contributed by atoms with Crippen LogP contribution in [0.3, 0.4) is 0 Å². The lowest BCUT2D eigenvalue weighted by Gasteiger charge is -2.21. The topological polar surface area (TPSA) is 15.3 Å². The van der Waals surface area contributed by atoms with Gasteiger partial charge in [-0.3, -0.25) is 0 Å². The first-order valence-corrected chi connectivity index (χ1v) is 7.22. The van der Waals surface area contributed by atoms with Crippen LogP contribution in [0, 0.1) is 6.92 Å². The van der Waals surface area contributed by atoms with Gasteiger partial charge in [-0.2, -0.15) is 0 Å².